The molecular weight excluding hydrogens is 508 g/mol. The quantitative estimate of drug-likeness (QED) is 0.298. The Morgan fingerprint density at radius 2 is 1.73 bits per heavy atom. The number of ether oxygens (including phenoxy) is 3. The lowest BCUT2D eigenvalue weighted by Crippen LogP contribution is -2.45. The summed E-state index contributed by atoms with van der Waals surface area (Å²) in [6.45, 7) is 5.86. The smallest absolute Gasteiger partial charge is 0.254 e. The van der Waals surface area contributed by atoms with Crippen molar-refractivity contribution in [1.82, 2.24) is 9.80 Å². The molecule has 1 atom stereocenters. The maximum Gasteiger partial charge on any atom is 0.254 e. The molecule has 1 saturated heterocycles. The van der Waals surface area contributed by atoms with Crippen LogP contribution in [0.4, 0.5) is 0 Å². The molecule has 0 spiro atoms. The fourth-order valence-electron chi connectivity index (χ4n) is 5.14. The fourth-order valence-corrected chi connectivity index (χ4v) is 5.14. The van der Waals surface area contributed by atoms with Gasteiger partial charge in [-0.3, -0.25) is 9.59 Å². The van der Waals surface area contributed by atoms with Gasteiger partial charge in [0.1, 0.15) is 18.1 Å². The van der Waals surface area contributed by atoms with Gasteiger partial charge in [0.2, 0.25) is 12.7 Å². The van der Waals surface area contributed by atoms with Crippen LogP contribution in [0.5, 0.6) is 11.5 Å². The van der Waals surface area contributed by atoms with Gasteiger partial charge in [0, 0.05) is 25.3 Å². The minimum Gasteiger partial charge on any atom is -0.464 e. The van der Waals surface area contributed by atoms with Gasteiger partial charge in [0.15, 0.2) is 11.5 Å². The maximum absolute atomic E-state index is 13.9. The molecule has 3 aromatic rings. The number of carbonyl (C=O) groups excluding carboxylic acids is 2. The molecule has 2 aliphatic rings. The average Bonchev–Trinajstić information content (AvgIpc) is 3.73. The lowest BCUT2D eigenvalue weighted by Gasteiger charge is -2.29. The van der Waals surface area contributed by atoms with Crippen LogP contribution in [0.3, 0.4) is 0 Å². The molecule has 40 heavy (non-hydrogen) atoms. The summed E-state index contributed by atoms with van der Waals surface area (Å²) in [4.78, 5) is 31.0. The third-order valence-electron chi connectivity index (χ3n) is 7.39. The number of amides is 2. The molecule has 2 aromatic carbocycles. The number of nitrogens with zero attached hydrogens (tertiary/aromatic N) is 2. The molecule has 2 amide bonds. The van der Waals surface area contributed by atoms with E-state index >= 15 is 0 Å². The van der Waals surface area contributed by atoms with Crippen molar-refractivity contribution in [2.45, 2.75) is 65.1 Å². The monoisotopic (exact) mass is 546 g/mol. The molecule has 1 aromatic heterocycles. The number of rotatable bonds is 12. The predicted octanol–water partition coefficient (Wildman–Crippen LogP) is 5.51. The molecule has 1 unspecified atom stereocenters. The van der Waals surface area contributed by atoms with Gasteiger partial charge in [0.25, 0.3) is 5.91 Å². The van der Waals surface area contributed by atoms with E-state index in [1.165, 1.54) is 5.56 Å². The number of benzene rings is 2. The van der Waals surface area contributed by atoms with Gasteiger partial charge in [-0.25, -0.2) is 0 Å². The molecule has 8 nitrogen and oxygen atoms in total. The van der Waals surface area contributed by atoms with E-state index in [0.29, 0.717) is 42.5 Å². The van der Waals surface area contributed by atoms with Crippen LogP contribution in [0.1, 0.15) is 65.6 Å². The first-order chi connectivity index (χ1) is 19.5. The summed E-state index contributed by atoms with van der Waals surface area (Å²) < 4.78 is 22.6. The second-order valence-corrected chi connectivity index (χ2v) is 10.6. The highest BCUT2D eigenvalue weighted by molar-refractivity contribution is 5.96. The van der Waals surface area contributed by atoms with Crippen molar-refractivity contribution in [3.8, 4) is 11.5 Å². The number of furan rings is 1. The van der Waals surface area contributed by atoms with Crippen molar-refractivity contribution >= 4 is 11.8 Å². The normalized spacial score (nSPS) is 15.8. The maximum atomic E-state index is 13.9. The molecule has 8 heteroatoms. The van der Waals surface area contributed by atoms with E-state index in [0.717, 1.165) is 43.4 Å². The second kappa shape index (κ2) is 13.0. The van der Waals surface area contributed by atoms with E-state index in [-0.39, 0.29) is 37.8 Å². The molecule has 0 radical (unpaired) electrons. The van der Waals surface area contributed by atoms with Crippen molar-refractivity contribution in [2.24, 2.45) is 0 Å². The van der Waals surface area contributed by atoms with Crippen molar-refractivity contribution in [1.29, 1.82) is 0 Å². The summed E-state index contributed by atoms with van der Waals surface area (Å²) in [5.41, 5.74) is 2.69. The van der Waals surface area contributed by atoms with Crippen LogP contribution in [0.25, 0.3) is 0 Å². The summed E-state index contributed by atoms with van der Waals surface area (Å²) in [6, 6.07) is 17.2. The molecule has 0 bridgehead atoms. The van der Waals surface area contributed by atoms with Crippen LogP contribution in [0.2, 0.25) is 0 Å². The van der Waals surface area contributed by atoms with Gasteiger partial charge in [-0.05, 0) is 80.1 Å². The molecule has 1 fully saturated rings. The standard InChI is InChI=1S/C32H38N2O6/c1-3-4-6-24-9-12-26(13-10-24)32(36)34(19-27-7-5-16-37-27)21-31(35)33(20-28-14-8-23(2)40-28)18-25-11-15-29-30(17-25)39-22-38-29/h8-15,17,27H,3-7,16,18-22H2,1-2H3. The number of hydrogen-bond donors (Lipinski definition) is 0. The molecule has 0 N–H and O–H groups in total. The molecule has 3 heterocycles. The van der Waals surface area contributed by atoms with E-state index in [4.69, 9.17) is 18.6 Å². The molecule has 212 valence electrons. The van der Waals surface area contributed by atoms with Crippen LogP contribution in [-0.4, -0.2) is 54.2 Å². The van der Waals surface area contributed by atoms with Gasteiger partial charge < -0.3 is 28.4 Å². The Morgan fingerprint density at radius 3 is 2.45 bits per heavy atom. The highest BCUT2D eigenvalue weighted by Gasteiger charge is 2.28. The minimum atomic E-state index is -0.169. The third-order valence-corrected chi connectivity index (χ3v) is 7.39. The summed E-state index contributed by atoms with van der Waals surface area (Å²) in [7, 11) is 0. The molecule has 5 rings (SSSR count). The lowest BCUT2D eigenvalue weighted by molar-refractivity contribution is -0.133. The Bertz CT molecular complexity index is 1290. The number of aryl methyl sites for hydroxylation is 2. The first kappa shape index (κ1) is 27.8. The highest BCUT2D eigenvalue weighted by Crippen LogP contribution is 2.33. The van der Waals surface area contributed by atoms with Gasteiger partial charge in [0.05, 0.1) is 12.6 Å². The molecule has 0 aliphatic carbocycles. The van der Waals surface area contributed by atoms with Gasteiger partial charge in [-0.2, -0.15) is 0 Å². The van der Waals surface area contributed by atoms with Crippen molar-refractivity contribution in [3.05, 3.63) is 82.8 Å². The molecule has 0 saturated carbocycles. The summed E-state index contributed by atoms with van der Waals surface area (Å²) in [6.07, 6.45) is 4.99. The summed E-state index contributed by atoms with van der Waals surface area (Å²) >= 11 is 0. The van der Waals surface area contributed by atoms with Crippen molar-refractivity contribution in [2.75, 3.05) is 26.5 Å². The topological polar surface area (TPSA) is 81.5 Å². The Hall–Kier alpha value is -3.78. The van der Waals surface area contributed by atoms with Crippen LogP contribution in [0.15, 0.2) is 59.0 Å². The van der Waals surface area contributed by atoms with Crippen molar-refractivity contribution < 1.29 is 28.2 Å². The average molecular weight is 547 g/mol. The Kier molecular flexibility index (Phi) is 9.06. The Balaban J connectivity index is 1.35. The van der Waals surface area contributed by atoms with E-state index in [9.17, 15) is 9.59 Å². The van der Waals surface area contributed by atoms with Gasteiger partial charge in [-0.15, -0.1) is 0 Å². The number of hydrogen-bond acceptors (Lipinski definition) is 6. The number of unbranched alkanes of at least 4 members (excludes halogenated alkanes) is 1. The molecule has 2 aliphatic heterocycles. The molecular formula is C32H38N2O6. The SMILES string of the molecule is CCCCc1ccc(C(=O)N(CC(=O)N(Cc2ccc3c(c2)OCO3)Cc2ccc(C)o2)CC2CCCO2)cc1. The van der Waals surface area contributed by atoms with E-state index < -0.39 is 0 Å². The number of fused-ring (bicyclic) bond motifs is 1. The van der Waals surface area contributed by atoms with Gasteiger partial charge >= 0.3 is 0 Å². The van der Waals surface area contributed by atoms with Gasteiger partial charge in [-0.1, -0.05) is 31.5 Å². The predicted molar refractivity (Wildman–Crippen MR) is 150 cm³/mol. The Morgan fingerprint density at radius 1 is 0.925 bits per heavy atom. The first-order valence-corrected chi connectivity index (χ1v) is 14.2. The van der Waals surface area contributed by atoms with E-state index in [1.807, 2.05) is 61.5 Å². The number of carbonyl (C=O) groups is 2. The first-order valence-electron chi connectivity index (χ1n) is 14.2. The zero-order valence-electron chi connectivity index (χ0n) is 23.4. The Labute approximate surface area is 235 Å². The summed E-state index contributed by atoms with van der Waals surface area (Å²) in [5, 5.41) is 0. The van der Waals surface area contributed by atoms with Crippen molar-refractivity contribution in [3.63, 3.8) is 0 Å². The van der Waals surface area contributed by atoms with E-state index in [2.05, 4.69) is 6.92 Å². The second-order valence-electron chi connectivity index (χ2n) is 10.6. The lowest BCUT2D eigenvalue weighted by atomic mass is 10.1. The minimum absolute atomic E-state index is 0.0550. The van der Waals surface area contributed by atoms with Crippen LogP contribution in [0, 0.1) is 6.92 Å². The van der Waals surface area contributed by atoms with Crippen LogP contribution < -0.4 is 9.47 Å². The summed E-state index contributed by atoms with van der Waals surface area (Å²) in [5.74, 6) is 2.49. The van der Waals surface area contributed by atoms with E-state index in [1.54, 1.807) is 9.80 Å². The zero-order valence-corrected chi connectivity index (χ0v) is 23.4. The third kappa shape index (κ3) is 7.04. The highest BCUT2D eigenvalue weighted by atomic mass is 16.7. The fraction of sp³-hybridized carbons (Fsp3) is 0.438. The van der Waals surface area contributed by atoms with Crippen LogP contribution in [-0.2, 0) is 29.0 Å². The largest absolute Gasteiger partial charge is 0.464 e. The zero-order chi connectivity index (χ0) is 27.9. The van der Waals surface area contributed by atoms with Crippen LogP contribution >= 0.6 is 0 Å².